The number of piperazine rings is 1. The first-order valence-electron chi connectivity index (χ1n) is 8.09. The van der Waals surface area contributed by atoms with Crippen molar-refractivity contribution in [2.75, 3.05) is 33.2 Å². The highest BCUT2D eigenvalue weighted by Crippen LogP contribution is 2.18. The van der Waals surface area contributed by atoms with Crippen molar-refractivity contribution in [1.82, 2.24) is 19.5 Å². The summed E-state index contributed by atoms with van der Waals surface area (Å²) in [6, 6.07) is 7.13. The van der Waals surface area contributed by atoms with Gasteiger partial charge in [0.15, 0.2) is 0 Å². The molecule has 1 fully saturated rings. The third-order valence-electron chi connectivity index (χ3n) is 4.31. The molecule has 0 amide bonds. The number of hydrazone groups is 1. The summed E-state index contributed by atoms with van der Waals surface area (Å²) in [4.78, 5) is 28.7. The lowest BCUT2D eigenvalue weighted by molar-refractivity contribution is 0.159. The Kier molecular flexibility index (Phi) is 4.71. The van der Waals surface area contributed by atoms with Crippen LogP contribution in [0.3, 0.4) is 0 Å². The van der Waals surface area contributed by atoms with Crippen LogP contribution in [0.1, 0.15) is 11.1 Å². The highest BCUT2D eigenvalue weighted by molar-refractivity contribution is 5.82. The first-order valence-corrected chi connectivity index (χ1v) is 8.09. The molecule has 2 N–H and O–H groups in total. The summed E-state index contributed by atoms with van der Waals surface area (Å²) in [5.41, 5.74) is -0.0788. The number of aromatic hydroxyl groups is 1. The number of rotatable bonds is 3. The minimum absolute atomic E-state index is 0.0400. The number of nitrogens with zero attached hydrogens (tertiary/aromatic N) is 4. The summed E-state index contributed by atoms with van der Waals surface area (Å²) < 4.78 is 1.09. The van der Waals surface area contributed by atoms with Crippen LogP contribution in [0.2, 0.25) is 0 Å². The quantitative estimate of drug-likeness (QED) is 0.772. The second-order valence-electron chi connectivity index (χ2n) is 6.12. The molecule has 1 aromatic carbocycles. The lowest BCUT2D eigenvalue weighted by atomic mass is 10.2. The van der Waals surface area contributed by atoms with Gasteiger partial charge in [-0.1, -0.05) is 18.2 Å². The molecular weight excluding hydrogens is 322 g/mol. The van der Waals surface area contributed by atoms with Crippen molar-refractivity contribution in [1.29, 1.82) is 0 Å². The van der Waals surface area contributed by atoms with Crippen molar-refractivity contribution in [2.24, 2.45) is 5.10 Å². The van der Waals surface area contributed by atoms with Crippen LogP contribution in [0.15, 0.2) is 39.0 Å². The molecule has 8 nitrogen and oxygen atoms in total. The third-order valence-corrected chi connectivity index (χ3v) is 4.31. The van der Waals surface area contributed by atoms with Crippen molar-refractivity contribution >= 4 is 6.21 Å². The van der Waals surface area contributed by atoms with Gasteiger partial charge in [0.2, 0.25) is 5.88 Å². The van der Waals surface area contributed by atoms with Crippen LogP contribution < -0.4 is 11.2 Å². The Bertz CT molecular complexity index is 907. The average Bonchev–Trinajstić information content (AvgIpc) is 2.57. The maximum absolute atomic E-state index is 12.2. The van der Waals surface area contributed by atoms with Crippen molar-refractivity contribution in [3.8, 4) is 11.6 Å². The zero-order chi connectivity index (χ0) is 18.0. The van der Waals surface area contributed by atoms with Crippen LogP contribution in [-0.4, -0.2) is 64.0 Å². The standard InChI is InChI=1S/C17H21N5O3/c1-12-5-3-4-6-14(12)22-16(24)13(15(23)19-17(22)25)11-18-21-9-7-20(2)8-10-21/h3-6,11,24H,7-10H2,1-2H3,(H,19,23,25)/b18-11+. The smallest absolute Gasteiger partial charge is 0.335 e. The van der Waals surface area contributed by atoms with Crippen LogP contribution in [0, 0.1) is 6.92 Å². The number of benzene rings is 1. The molecular formula is C17H21N5O3. The number of para-hydroxylation sites is 1. The van der Waals surface area contributed by atoms with Gasteiger partial charge in [-0.05, 0) is 25.6 Å². The number of nitrogens with one attached hydrogen (secondary N) is 1. The fraction of sp³-hybridized carbons (Fsp3) is 0.353. The van der Waals surface area contributed by atoms with E-state index in [0.29, 0.717) is 5.69 Å². The molecule has 1 saturated heterocycles. The SMILES string of the molecule is Cc1ccccc1-n1c(O)c(/C=N/N2CCN(C)CC2)c(=O)[nH]c1=O. The number of hydrogen-bond acceptors (Lipinski definition) is 6. The molecule has 0 aliphatic carbocycles. The first-order chi connectivity index (χ1) is 12.0. The average molecular weight is 343 g/mol. The maximum Gasteiger partial charge on any atom is 0.335 e. The Labute approximate surface area is 144 Å². The van der Waals surface area contributed by atoms with Gasteiger partial charge in [-0.3, -0.25) is 14.8 Å². The van der Waals surface area contributed by atoms with E-state index in [1.165, 1.54) is 6.21 Å². The highest BCUT2D eigenvalue weighted by Gasteiger charge is 2.16. The number of H-pyrrole nitrogens is 1. The summed E-state index contributed by atoms with van der Waals surface area (Å²) in [6.07, 6.45) is 1.31. The van der Waals surface area contributed by atoms with Gasteiger partial charge in [-0.2, -0.15) is 5.10 Å². The third kappa shape index (κ3) is 3.48. The van der Waals surface area contributed by atoms with Gasteiger partial charge in [-0.25, -0.2) is 9.36 Å². The van der Waals surface area contributed by atoms with Crippen molar-refractivity contribution in [3.05, 3.63) is 56.2 Å². The van der Waals surface area contributed by atoms with Crippen LogP contribution in [0.25, 0.3) is 5.69 Å². The van der Waals surface area contributed by atoms with E-state index in [2.05, 4.69) is 15.0 Å². The lowest BCUT2D eigenvalue weighted by Crippen LogP contribution is -2.42. The summed E-state index contributed by atoms with van der Waals surface area (Å²) in [7, 11) is 2.04. The van der Waals surface area contributed by atoms with Gasteiger partial charge in [0.25, 0.3) is 5.56 Å². The second kappa shape index (κ2) is 6.94. The summed E-state index contributed by atoms with van der Waals surface area (Å²) in [6.45, 7) is 5.06. The highest BCUT2D eigenvalue weighted by atomic mass is 16.3. The molecule has 0 saturated carbocycles. The van der Waals surface area contributed by atoms with Crippen molar-refractivity contribution in [2.45, 2.75) is 6.92 Å². The van der Waals surface area contributed by atoms with E-state index in [4.69, 9.17) is 0 Å². The van der Waals surface area contributed by atoms with E-state index in [0.717, 1.165) is 36.3 Å². The van der Waals surface area contributed by atoms with Crippen LogP contribution in [0.4, 0.5) is 0 Å². The molecule has 8 heteroatoms. The fourth-order valence-electron chi connectivity index (χ4n) is 2.74. The number of aromatic nitrogens is 2. The molecule has 0 spiro atoms. The maximum atomic E-state index is 12.2. The fourth-order valence-corrected chi connectivity index (χ4v) is 2.74. The number of aryl methyl sites for hydroxylation is 1. The molecule has 2 aromatic rings. The van der Waals surface area contributed by atoms with Gasteiger partial charge in [0.05, 0.1) is 11.9 Å². The Morgan fingerprint density at radius 2 is 1.84 bits per heavy atom. The number of aromatic amines is 1. The molecule has 25 heavy (non-hydrogen) atoms. The van der Waals surface area contributed by atoms with E-state index >= 15 is 0 Å². The molecule has 1 aliphatic heterocycles. The zero-order valence-electron chi connectivity index (χ0n) is 14.3. The van der Waals surface area contributed by atoms with E-state index in [1.54, 1.807) is 12.1 Å². The predicted molar refractivity (Wildman–Crippen MR) is 95.7 cm³/mol. The Balaban J connectivity index is 2.01. The van der Waals surface area contributed by atoms with E-state index in [-0.39, 0.29) is 5.56 Å². The molecule has 0 radical (unpaired) electrons. The molecule has 1 aromatic heterocycles. The molecule has 0 bridgehead atoms. The molecule has 132 valence electrons. The molecule has 3 rings (SSSR count). The summed E-state index contributed by atoms with van der Waals surface area (Å²) in [5.74, 6) is -0.416. The summed E-state index contributed by atoms with van der Waals surface area (Å²) in [5, 5.41) is 16.6. The Morgan fingerprint density at radius 1 is 1.16 bits per heavy atom. The monoisotopic (exact) mass is 343 g/mol. The van der Waals surface area contributed by atoms with Gasteiger partial charge >= 0.3 is 5.69 Å². The summed E-state index contributed by atoms with van der Waals surface area (Å²) >= 11 is 0. The molecule has 0 atom stereocenters. The van der Waals surface area contributed by atoms with Gasteiger partial charge in [0.1, 0.15) is 5.56 Å². The normalized spacial score (nSPS) is 15.8. The van der Waals surface area contributed by atoms with Gasteiger partial charge in [-0.15, -0.1) is 0 Å². The topological polar surface area (TPSA) is 93.9 Å². The largest absolute Gasteiger partial charge is 0.493 e. The first kappa shape index (κ1) is 17.0. The van der Waals surface area contributed by atoms with Crippen LogP contribution in [-0.2, 0) is 0 Å². The number of likely N-dealkylation sites (N-methyl/N-ethyl adjacent to an activating group) is 1. The van der Waals surface area contributed by atoms with E-state index in [9.17, 15) is 14.7 Å². The Hall–Kier alpha value is -2.87. The van der Waals surface area contributed by atoms with Crippen LogP contribution in [0.5, 0.6) is 5.88 Å². The van der Waals surface area contributed by atoms with Crippen molar-refractivity contribution < 1.29 is 5.11 Å². The molecule has 1 aliphatic rings. The van der Waals surface area contributed by atoms with Crippen LogP contribution >= 0.6 is 0 Å². The molecule has 0 unspecified atom stereocenters. The van der Waals surface area contributed by atoms with Crippen molar-refractivity contribution in [3.63, 3.8) is 0 Å². The van der Waals surface area contributed by atoms with Gasteiger partial charge < -0.3 is 10.0 Å². The second-order valence-corrected chi connectivity index (χ2v) is 6.12. The minimum Gasteiger partial charge on any atom is -0.493 e. The van der Waals surface area contributed by atoms with E-state index < -0.39 is 17.1 Å². The zero-order valence-corrected chi connectivity index (χ0v) is 14.3. The molecule has 2 heterocycles. The number of hydrogen-bond donors (Lipinski definition) is 2. The minimum atomic E-state index is -0.687. The predicted octanol–water partition coefficient (Wildman–Crippen LogP) is 0.121. The Morgan fingerprint density at radius 3 is 2.52 bits per heavy atom. The lowest BCUT2D eigenvalue weighted by Gasteiger charge is -2.30. The van der Waals surface area contributed by atoms with E-state index in [1.807, 2.05) is 31.1 Å². The van der Waals surface area contributed by atoms with Gasteiger partial charge in [0, 0.05) is 26.2 Å².